The van der Waals surface area contributed by atoms with Gasteiger partial charge in [0.1, 0.15) is 31.8 Å². The second-order valence-corrected chi connectivity index (χ2v) is 15.3. The minimum absolute atomic E-state index is 0. The van der Waals surface area contributed by atoms with E-state index >= 15 is 0 Å². The third-order valence-corrected chi connectivity index (χ3v) is 12.6. The molecule has 0 aromatic heterocycles. The molecule has 0 bridgehead atoms. The van der Waals surface area contributed by atoms with Gasteiger partial charge >= 0.3 is 44.8 Å². The van der Waals surface area contributed by atoms with Crippen LogP contribution in [0, 0.1) is 13.0 Å². The quantitative estimate of drug-likeness (QED) is 0.0901. The molecule has 0 N–H and O–H groups in total. The third-order valence-electron chi connectivity index (χ3n) is 7.15. The van der Waals surface area contributed by atoms with Crippen molar-refractivity contribution in [3.05, 3.63) is 225 Å². The summed E-state index contributed by atoms with van der Waals surface area (Å²) in [7, 11) is -1.75. The average Bonchev–Trinajstić information content (AvgIpc) is 3.12. The zero-order chi connectivity index (χ0) is 30.9. The smallest absolute Gasteiger partial charge is 0.374 e. The largest absolute Gasteiger partial charge is 1.00 e. The minimum atomic E-state index is -0.877. The van der Waals surface area contributed by atoms with E-state index in [0.29, 0.717) is 0 Å². The van der Waals surface area contributed by atoms with Crippen LogP contribution in [0.5, 0.6) is 0 Å². The molecule has 0 amide bonds. The molecule has 240 valence electrons. The Morgan fingerprint density at radius 2 is 0.511 bits per heavy atom. The van der Waals surface area contributed by atoms with Gasteiger partial charge in [-0.1, -0.05) is 109 Å². The number of hydrogen-bond acceptors (Lipinski definition) is 0. The van der Waals surface area contributed by atoms with Crippen molar-refractivity contribution in [1.82, 2.24) is 0 Å². The fourth-order valence-electron chi connectivity index (χ4n) is 5.06. The van der Waals surface area contributed by atoms with E-state index in [2.05, 4.69) is 195 Å². The summed E-state index contributed by atoms with van der Waals surface area (Å²) in [5.41, 5.74) is 0.947. The molecule has 7 aromatic rings. The summed E-state index contributed by atoms with van der Waals surface area (Å²) < 4.78 is 0. The van der Waals surface area contributed by atoms with Gasteiger partial charge in [-0.25, -0.2) is 0 Å². The van der Waals surface area contributed by atoms with Gasteiger partial charge in [-0.15, -0.1) is 6.07 Å². The fraction of sp³-hybridized carbons (Fsp3) is 0. The Morgan fingerprint density at radius 3 is 0.660 bits per heavy atom. The van der Waals surface area contributed by atoms with Crippen LogP contribution >= 0.6 is 15.8 Å². The molecule has 4 heteroatoms. The molecule has 0 fully saturated rings. The Labute approximate surface area is 314 Å². The van der Waals surface area contributed by atoms with Crippen LogP contribution < -0.4 is 31.8 Å². The van der Waals surface area contributed by atoms with E-state index in [-0.39, 0.29) is 44.8 Å². The van der Waals surface area contributed by atoms with E-state index in [1.807, 2.05) is 24.3 Å². The molecule has 0 aliphatic heterocycles. The first kappa shape index (κ1) is 38.2. The van der Waals surface area contributed by atoms with E-state index in [9.17, 15) is 0 Å². The van der Waals surface area contributed by atoms with Crippen LogP contribution in [0.25, 0.3) is 0 Å². The Kier molecular flexibility index (Phi) is 17.5. The van der Waals surface area contributed by atoms with Gasteiger partial charge in [0.05, 0.1) is 15.8 Å². The van der Waals surface area contributed by atoms with Crippen molar-refractivity contribution in [2.45, 2.75) is 0 Å². The van der Waals surface area contributed by atoms with E-state index in [0.717, 1.165) is 5.56 Å². The van der Waals surface area contributed by atoms with Crippen molar-refractivity contribution in [3.63, 3.8) is 0 Å². The van der Waals surface area contributed by atoms with Gasteiger partial charge in [-0.3, -0.25) is 6.07 Å². The molecule has 7 aromatic carbocycles. The van der Waals surface area contributed by atoms with Gasteiger partial charge < -0.3 is 18.6 Å². The van der Waals surface area contributed by atoms with Crippen molar-refractivity contribution < 1.29 is 44.8 Å². The van der Waals surface area contributed by atoms with Gasteiger partial charge in [0.25, 0.3) is 0 Å². The molecule has 0 saturated carbocycles. The first-order valence-electron chi connectivity index (χ1n) is 15.1. The molecular formula is C43H38Au2P2+2. The SMILES string of the molecule is [Au+].[Au+].[CH2-]c1[c-]cccc1.c1ccc([PH+](c2ccccc2)c2ccccc2)cc1.c1ccc([PH+](c2ccccc2)c2ccccc2)cc1. The molecule has 47 heavy (non-hydrogen) atoms. The fourth-order valence-corrected chi connectivity index (χ4v) is 10.2. The Balaban J connectivity index is 0.000000205. The summed E-state index contributed by atoms with van der Waals surface area (Å²) in [6.45, 7) is 3.66. The first-order chi connectivity index (χ1) is 22.3. The van der Waals surface area contributed by atoms with E-state index in [4.69, 9.17) is 0 Å². The zero-order valence-corrected chi connectivity index (χ0v) is 32.3. The van der Waals surface area contributed by atoms with Gasteiger partial charge in [-0.05, 0) is 72.8 Å². The van der Waals surface area contributed by atoms with Crippen molar-refractivity contribution in [1.29, 1.82) is 0 Å². The van der Waals surface area contributed by atoms with E-state index in [1.54, 1.807) is 0 Å². The topological polar surface area (TPSA) is 0 Å². The summed E-state index contributed by atoms with van der Waals surface area (Å²) in [4.78, 5) is 0. The Hall–Kier alpha value is -3.25. The molecule has 7 rings (SSSR count). The second kappa shape index (κ2) is 21.6. The molecule has 0 saturated heterocycles. The van der Waals surface area contributed by atoms with Crippen LogP contribution in [0.2, 0.25) is 0 Å². The molecule has 0 atom stereocenters. The minimum Gasteiger partial charge on any atom is -0.374 e. The van der Waals surface area contributed by atoms with Crippen LogP contribution in [-0.4, -0.2) is 0 Å². The Morgan fingerprint density at radius 1 is 0.298 bits per heavy atom. The van der Waals surface area contributed by atoms with Crippen molar-refractivity contribution >= 4 is 47.7 Å². The predicted octanol–water partition coefficient (Wildman–Crippen LogP) is 8.02. The van der Waals surface area contributed by atoms with Gasteiger partial charge in [-0.2, -0.15) is 12.1 Å². The molecule has 0 heterocycles. The number of rotatable bonds is 6. The van der Waals surface area contributed by atoms with E-state index < -0.39 is 15.8 Å². The maximum atomic E-state index is 3.66. The summed E-state index contributed by atoms with van der Waals surface area (Å²) >= 11 is 0. The average molecular weight is 1010 g/mol. The van der Waals surface area contributed by atoms with Crippen LogP contribution in [-0.2, 0) is 44.8 Å². The molecule has 0 aliphatic rings. The third kappa shape index (κ3) is 12.1. The molecule has 0 nitrogen and oxygen atoms in total. The molecule has 0 unspecified atom stereocenters. The normalized spacial score (nSPS) is 9.83. The van der Waals surface area contributed by atoms with Gasteiger partial charge in [0.15, 0.2) is 0 Å². The van der Waals surface area contributed by atoms with Crippen LogP contribution in [0.4, 0.5) is 0 Å². The van der Waals surface area contributed by atoms with E-state index in [1.165, 1.54) is 31.8 Å². The molecular weight excluding hydrogens is 972 g/mol. The summed E-state index contributed by atoms with van der Waals surface area (Å²) in [5.74, 6) is 0. The monoisotopic (exact) mass is 1010 g/mol. The van der Waals surface area contributed by atoms with Crippen molar-refractivity contribution in [2.75, 3.05) is 0 Å². The number of benzene rings is 7. The van der Waals surface area contributed by atoms with Gasteiger partial charge in [0.2, 0.25) is 0 Å². The Bertz CT molecular complexity index is 1470. The molecule has 0 radical (unpaired) electrons. The maximum Gasteiger partial charge on any atom is 1.00 e. The molecule has 0 spiro atoms. The van der Waals surface area contributed by atoms with Gasteiger partial charge in [0, 0.05) is 0 Å². The summed E-state index contributed by atoms with van der Waals surface area (Å²) in [5, 5.41) is 8.61. The first-order valence-corrected chi connectivity index (χ1v) is 18.1. The van der Waals surface area contributed by atoms with Crippen LogP contribution in [0.3, 0.4) is 0 Å². The van der Waals surface area contributed by atoms with Crippen LogP contribution in [0.1, 0.15) is 5.56 Å². The zero-order valence-electron chi connectivity index (χ0n) is 25.9. The molecule has 0 aliphatic carbocycles. The summed E-state index contributed by atoms with van der Waals surface area (Å²) in [6.07, 6.45) is 0. The summed E-state index contributed by atoms with van der Waals surface area (Å²) in [6, 6.07) is 75.6. The number of hydrogen-bond donors (Lipinski definition) is 0. The standard InChI is InChI=1S/2C18H15P.C7H6.2Au/c2*1-4-10-16(11-5-1)19(17-12-6-2-7-13-17)18-14-8-3-9-15-18;1-7-5-3-2-4-6-7;;/h2*1-15H;2-5H,1H2;;/q;;-2;2*+1/p+2. The predicted molar refractivity (Wildman–Crippen MR) is 203 cm³/mol. The van der Waals surface area contributed by atoms with Crippen molar-refractivity contribution in [3.8, 4) is 0 Å². The van der Waals surface area contributed by atoms with Crippen LogP contribution in [0.15, 0.2) is 206 Å². The maximum absolute atomic E-state index is 3.66. The van der Waals surface area contributed by atoms with Crippen molar-refractivity contribution in [2.24, 2.45) is 0 Å². The second-order valence-electron chi connectivity index (χ2n) is 10.3.